The molecule has 0 saturated carbocycles. The van der Waals surface area contributed by atoms with E-state index in [2.05, 4.69) is 10.4 Å². The number of hydrogen-bond acceptors (Lipinski definition) is 6. The third kappa shape index (κ3) is 4.15. The van der Waals surface area contributed by atoms with Gasteiger partial charge >= 0.3 is 0 Å². The summed E-state index contributed by atoms with van der Waals surface area (Å²) in [7, 11) is 0. The summed E-state index contributed by atoms with van der Waals surface area (Å²) in [4.78, 5) is 13.8. The average Bonchev–Trinajstić information content (AvgIpc) is 3.28. The highest BCUT2D eigenvalue weighted by Crippen LogP contribution is 2.18. The zero-order valence-corrected chi connectivity index (χ0v) is 13.6. The SMILES string of the molecule is CCn1cc(O[C@@H]2CN(CC(=O)NCc3ccco3)C[C@H]2O)cn1. The quantitative estimate of drug-likeness (QED) is 0.753. The maximum Gasteiger partial charge on any atom is 0.234 e. The van der Waals surface area contributed by atoms with Gasteiger partial charge in [-0.1, -0.05) is 0 Å². The van der Waals surface area contributed by atoms with Gasteiger partial charge < -0.3 is 19.6 Å². The molecule has 130 valence electrons. The van der Waals surface area contributed by atoms with Crippen LogP contribution in [-0.2, 0) is 17.9 Å². The zero-order chi connectivity index (χ0) is 16.9. The van der Waals surface area contributed by atoms with Gasteiger partial charge in [-0.25, -0.2) is 0 Å². The van der Waals surface area contributed by atoms with E-state index < -0.39 is 6.10 Å². The number of amides is 1. The Kier molecular flexibility index (Phi) is 5.17. The Morgan fingerprint density at radius 1 is 1.54 bits per heavy atom. The maximum absolute atomic E-state index is 12.0. The van der Waals surface area contributed by atoms with Crippen LogP contribution in [0.15, 0.2) is 35.2 Å². The lowest BCUT2D eigenvalue weighted by molar-refractivity contribution is -0.122. The van der Waals surface area contributed by atoms with Gasteiger partial charge in [-0.05, 0) is 19.1 Å². The van der Waals surface area contributed by atoms with Crippen molar-refractivity contribution >= 4 is 5.91 Å². The second-order valence-electron chi connectivity index (χ2n) is 5.81. The number of carbonyl (C=O) groups is 1. The van der Waals surface area contributed by atoms with E-state index in [0.29, 0.717) is 31.1 Å². The van der Waals surface area contributed by atoms with E-state index in [1.165, 1.54) is 0 Å². The van der Waals surface area contributed by atoms with Crippen LogP contribution in [0.4, 0.5) is 0 Å². The predicted octanol–water partition coefficient (Wildman–Crippen LogP) is 0.236. The summed E-state index contributed by atoms with van der Waals surface area (Å²) in [5.41, 5.74) is 0. The summed E-state index contributed by atoms with van der Waals surface area (Å²) in [6, 6.07) is 3.58. The molecule has 8 heteroatoms. The molecular formula is C16H22N4O4. The van der Waals surface area contributed by atoms with Gasteiger partial charge in [-0.2, -0.15) is 5.10 Å². The standard InChI is InChI=1S/C16H22N4O4/c1-2-20-8-13(7-18-20)24-15-10-19(9-14(15)21)11-16(22)17-6-12-4-3-5-23-12/h3-5,7-8,14-15,21H,2,6,9-11H2,1H3,(H,17,22)/t14-,15-/m1/s1. The highest BCUT2D eigenvalue weighted by Gasteiger charge is 2.34. The molecule has 3 heterocycles. The second kappa shape index (κ2) is 7.50. The number of aromatic nitrogens is 2. The van der Waals surface area contributed by atoms with E-state index in [1.54, 1.807) is 35.5 Å². The van der Waals surface area contributed by atoms with E-state index in [4.69, 9.17) is 9.15 Å². The van der Waals surface area contributed by atoms with Crippen LogP contribution in [0.2, 0.25) is 0 Å². The number of carbonyl (C=O) groups excluding carboxylic acids is 1. The number of furan rings is 1. The first-order valence-corrected chi connectivity index (χ1v) is 8.02. The number of β-amino-alcohol motifs (C(OH)–C–C–N with tert-alkyl or cyclic N) is 1. The minimum absolute atomic E-state index is 0.113. The molecule has 24 heavy (non-hydrogen) atoms. The van der Waals surface area contributed by atoms with Crippen molar-refractivity contribution in [3.8, 4) is 5.75 Å². The Bertz CT molecular complexity index is 655. The van der Waals surface area contributed by atoms with Gasteiger partial charge in [0.15, 0.2) is 5.75 Å². The van der Waals surface area contributed by atoms with Gasteiger partial charge in [0.1, 0.15) is 18.0 Å². The van der Waals surface area contributed by atoms with Crippen molar-refractivity contribution in [2.45, 2.75) is 32.2 Å². The smallest absolute Gasteiger partial charge is 0.234 e. The third-order valence-corrected chi connectivity index (χ3v) is 3.94. The maximum atomic E-state index is 12.0. The van der Waals surface area contributed by atoms with Crippen molar-refractivity contribution < 1.29 is 19.1 Å². The van der Waals surface area contributed by atoms with Crippen LogP contribution in [0.1, 0.15) is 12.7 Å². The molecule has 0 aromatic carbocycles. The van der Waals surface area contributed by atoms with Crippen LogP contribution in [-0.4, -0.2) is 57.5 Å². The minimum Gasteiger partial charge on any atom is -0.483 e. The van der Waals surface area contributed by atoms with Gasteiger partial charge in [0, 0.05) is 19.6 Å². The number of rotatable bonds is 7. The first kappa shape index (κ1) is 16.5. The first-order chi connectivity index (χ1) is 11.6. The molecule has 2 aromatic rings. The molecule has 2 aromatic heterocycles. The molecule has 1 amide bonds. The summed E-state index contributed by atoms with van der Waals surface area (Å²) in [6.45, 7) is 4.22. The Balaban J connectivity index is 1.45. The molecule has 1 fully saturated rings. The number of aryl methyl sites for hydroxylation is 1. The largest absolute Gasteiger partial charge is 0.483 e. The number of nitrogens with one attached hydrogen (secondary N) is 1. The molecule has 0 spiro atoms. The number of aliphatic hydroxyl groups excluding tert-OH is 1. The number of hydrogen-bond donors (Lipinski definition) is 2. The average molecular weight is 334 g/mol. The lowest BCUT2D eigenvalue weighted by Crippen LogP contribution is -2.36. The minimum atomic E-state index is -0.632. The molecule has 1 aliphatic rings. The van der Waals surface area contributed by atoms with Crippen LogP contribution < -0.4 is 10.1 Å². The summed E-state index contributed by atoms with van der Waals surface area (Å²) in [6.07, 6.45) is 4.01. The Hall–Kier alpha value is -2.32. The highest BCUT2D eigenvalue weighted by atomic mass is 16.5. The fourth-order valence-electron chi connectivity index (χ4n) is 2.69. The van der Waals surface area contributed by atoms with E-state index >= 15 is 0 Å². The van der Waals surface area contributed by atoms with Gasteiger partial charge in [0.25, 0.3) is 0 Å². The predicted molar refractivity (Wildman–Crippen MR) is 85.3 cm³/mol. The molecule has 2 N–H and O–H groups in total. The van der Waals surface area contributed by atoms with E-state index in [0.717, 1.165) is 6.54 Å². The molecule has 0 unspecified atom stereocenters. The first-order valence-electron chi connectivity index (χ1n) is 8.02. The van der Waals surface area contributed by atoms with Crippen LogP contribution in [0.3, 0.4) is 0 Å². The molecular weight excluding hydrogens is 312 g/mol. The number of likely N-dealkylation sites (tertiary alicyclic amines) is 1. The van der Waals surface area contributed by atoms with Gasteiger partial charge in [-0.3, -0.25) is 14.4 Å². The lowest BCUT2D eigenvalue weighted by Gasteiger charge is -2.15. The normalized spacial score (nSPS) is 21.1. The molecule has 8 nitrogen and oxygen atoms in total. The fourth-order valence-corrected chi connectivity index (χ4v) is 2.69. The second-order valence-corrected chi connectivity index (χ2v) is 5.81. The van der Waals surface area contributed by atoms with Crippen molar-refractivity contribution in [1.82, 2.24) is 20.0 Å². The van der Waals surface area contributed by atoms with Crippen molar-refractivity contribution in [2.24, 2.45) is 0 Å². The lowest BCUT2D eigenvalue weighted by atomic mass is 10.3. The number of nitrogens with zero attached hydrogens (tertiary/aromatic N) is 3. The van der Waals surface area contributed by atoms with Gasteiger partial charge in [0.05, 0.1) is 31.7 Å². The Labute approximate surface area is 140 Å². The molecule has 2 atom stereocenters. The molecule has 0 radical (unpaired) electrons. The summed E-state index contributed by atoms with van der Waals surface area (Å²) in [5.74, 6) is 1.22. The highest BCUT2D eigenvalue weighted by molar-refractivity contribution is 5.78. The Morgan fingerprint density at radius 3 is 3.12 bits per heavy atom. The van der Waals surface area contributed by atoms with Crippen molar-refractivity contribution in [2.75, 3.05) is 19.6 Å². The van der Waals surface area contributed by atoms with Crippen molar-refractivity contribution in [3.63, 3.8) is 0 Å². The molecule has 0 aliphatic carbocycles. The third-order valence-electron chi connectivity index (χ3n) is 3.94. The van der Waals surface area contributed by atoms with Crippen molar-refractivity contribution in [3.05, 3.63) is 36.5 Å². The van der Waals surface area contributed by atoms with E-state index in [-0.39, 0.29) is 18.6 Å². The van der Waals surface area contributed by atoms with Gasteiger partial charge in [0.2, 0.25) is 5.91 Å². The number of aliphatic hydroxyl groups is 1. The fraction of sp³-hybridized carbons (Fsp3) is 0.500. The topological polar surface area (TPSA) is 92.8 Å². The molecule has 1 saturated heterocycles. The van der Waals surface area contributed by atoms with E-state index in [9.17, 15) is 9.90 Å². The molecule has 3 rings (SSSR count). The monoisotopic (exact) mass is 334 g/mol. The summed E-state index contributed by atoms with van der Waals surface area (Å²) < 4.78 is 12.7. The summed E-state index contributed by atoms with van der Waals surface area (Å²) in [5, 5.41) is 17.1. The van der Waals surface area contributed by atoms with E-state index in [1.807, 2.05) is 11.8 Å². The van der Waals surface area contributed by atoms with Crippen LogP contribution in [0.5, 0.6) is 5.75 Å². The summed E-state index contributed by atoms with van der Waals surface area (Å²) >= 11 is 0. The van der Waals surface area contributed by atoms with Crippen LogP contribution >= 0.6 is 0 Å². The van der Waals surface area contributed by atoms with Crippen molar-refractivity contribution in [1.29, 1.82) is 0 Å². The zero-order valence-electron chi connectivity index (χ0n) is 13.6. The Morgan fingerprint density at radius 2 is 2.42 bits per heavy atom. The van der Waals surface area contributed by atoms with Crippen LogP contribution in [0.25, 0.3) is 0 Å². The molecule has 0 bridgehead atoms. The molecule has 1 aliphatic heterocycles. The number of ether oxygens (including phenoxy) is 1. The van der Waals surface area contributed by atoms with Crippen LogP contribution in [0, 0.1) is 0 Å². The van der Waals surface area contributed by atoms with Gasteiger partial charge in [-0.15, -0.1) is 0 Å².